The number of carbonyl (C=O) groups is 2. The van der Waals surface area contributed by atoms with Crippen LogP contribution in [-0.2, 0) is 9.59 Å². The van der Waals surface area contributed by atoms with Crippen molar-refractivity contribution in [3.8, 4) is 0 Å². The fourth-order valence-electron chi connectivity index (χ4n) is 4.36. The zero-order chi connectivity index (χ0) is 37.7. The zero-order valence-corrected chi connectivity index (χ0v) is 34.1. The van der Waals surface area contributed by atoms with Crippen molar-refractivity contribution < 1.29 is 9.59 Å². The molecule has 0 atom stereocenters. The molecule has 0 radical (unpaired) electrons. The van der Waals surface area contributed by atoms with Crippen LogP contribution in [0.5, 0.6) is 0 Å². The van der Waals surface area contributed by atoms with Gasteiger partial charge in [0.05, 0.1) is 0 Å². The molecule has 0 spiro atoms. The Labute approximate surface area is 327 Å². The van der Waals surface area contributed by atoms with Crippen LogP contribution in [0.25, 0.3) is 0 Å². The molecule has 0 rings (SSSR count). The van der Waals surface area contributed by atoms with Gasteiger partial charge < -0.3 is 10.6 Å². The van der Waals surface area contributed by atoms with E-state index in [1.54, 1.807) is 21.6 Å². The molecule has 0 fully saturated rings. The molecule has 0 aromatic heterocycles. The molecule has 0 heterocycles. The Hall–Kier alpha value is -3.22. The van der Waals surface area contributed by atoms with E-state index in [1.165, 1.54) is 0 Å². The standard InChI is InChI=1S/C46H70N2O2S2/c1-3-5-7-9-11-13-15-17-19-21-22-24-26-28-30-32-34-36-38-40-46(50)48-42-44-52-51-43-41-47-45(49)39-37-35-33-31-29-27-25-23-20-18-16-14-12-10-8-6-4-2/h5-8,11-14,17-20,22,24-25,27-28,30-31,33-34,36H,3-4,9-10,15-16,21,23,26,29,32,35,37-44H2,1-2H3,(H,47,49)(H,48,50). The smallest absolute Gasteiger partial charge is 0.220 e. The number of carbonyl (C=O) groups excluding carboxylic acids is 2. The van der Waals surface area contributed by atoms with Crippen molar-refractivity contribution in [3.05, 3.63) is 134 Å². The average molecular weight is 747 g/mol. The van der Waals surface area contributed by atoms with Crippen molar-refractivity contribution in [2.45, 2.75) is 117 Å². The van der Waals surface area contributed by atoms with Crippen molar-refractivity contribution in [1.29, 1.82) is 0 Å². The number of hydrogen-bond acceptors (Lipinski definition) is 4. The molecule has 6 heteroatoms. The van der Waals surface area contributed by atoms with E-state index in [2.05, 4.69) is 158 Å². The number of allylic oxidation sites excluding steroid dienone is 22. The number of hydrogen-bond donors (Lipinski definition) is 2. The average Bonchev–Trinajstić information content (AvgIpc) is 3.14. The summed E-state index contributed by atoms with van der Waals surface area (Å²) in [7, 11) is 3.47. The van der Waals surface area contributed by atoms with Crippen LogP contribution in [0, 0.1) is 0 Å². The predicted octanol–water partition coefficient (Wildman–Crippen LogP) is 13.0. The van der Waals surface area contributed by atoms with Crippen molar-refractivity contribution in [2.75, 3.05) is 24.6 Å². The van der Waals surface area contributed by atoms with Gasteiger partial charge in [0.2, 0.25) is 11.8 Å². The maximum Gasteiger partial charge on any atom is 0.220 e. The van der Waals surface area contributed by atoms with Crippen LogP contribution in [-0.4, -0.2) is 36.4 Å². The Bertz CT molecular complexity index is 1170. The maximum atomic E-state index is 12.0. The van der Waals surface area contributed by atoms with E-state index in [1.807, 2.05) is 0 Å². The topological polar surface area (TPSA) is 58.2 Å². The van der Waals surface area contributed by atoms with Gasteiger partial charge in [0, 0.05) is 37.4 Å². The van der Waals surface area contributed by atoms with Crippen LogP contribution >= 0.6 is 21.6 Å². The number of nitrogens with one attached hydrogen (secondary N) is 2. The van der Waals surface area contributed by atoms with Gasteiger partial charge in [0.1, 0.15) is 0 Å². The molecule has 0 aliphatic rings. The second kappa shape index (κ2) is 43.9. The van der Waals surface area contributed by atoms with E-state index >= 15 is 0 Å². The molecule has 4 nitrogen and oxygen atoms in total. The van der Waals surface area contributed by atoms with Crippen LogP contribution < -0.4 is 10.6 Å². The molecule has 288 valence electrons. The highest BCUT2D eigenvalue weighted by Crippen LogP contribution is 2.19. The maximum absolute atomic E-state index is 12.0. The monoisotopic (exact) mass is 746 g/mol. The molecular weight excluding hydrogens is 677 g/mol. The third-order valence-electron chi connectivity index (χ3n) is 7.17. The molecule has 0 unspecified atom stereocenters. The van der Waals surface area contributed by atoms with Gasteiger partial charge in [-0.25, -0.2) is 0 Å². The summed E-state index contributed by atoms with van der Waals surface area (Å²) in [6.45, 7) is 5.65. The summed E-state index contributed by atoms with van der Waals surface area (Å²) >= 11 is 0. The van der Waals surface area contributed by atoms with Crippen LogP contribution in [0.1, 0.15) is 117 Å². The second-order valence-electron chi connectivity index (χ2n) is 11.9. The highest BCUT2D eigenvalue weighted by atomic mass is 33.1. The lowest BCUT2D eigenvalue weighted by atomic mass is 10.2. The second-order valence-corrected chi connectivity index (χ2v) is 14.6. The normalized spacial score (nSPS) is 13.0. The molecule has 0 saturated heterocycles. The van der Waals surface area contributed by atoms with E-state index < -0.39 is 0 Å². The van der Waals surface area contributed by atoms with Crippen molar-refractivity contribution >= 4 is 33.4 Å². The number of unbranched alkanes of at least 4 members (excludes halogenated alkanes) is 1. The van der Waals surface area contributed by atoms with E-state index in [9.17, 15) is 9.59 Å². The van der Waals surface area contributed by atoms with Crippen molar-refractivity contribution in [3.63, 3.8) is 0 Å². The summed E-state index contributed by atoms with van der Waals surface area (Å²) in [4.78, 5) is 24.1. The lowest BCUT2D eigenvalue weighted by Gasteiger charge is -2.05. The summed E-state index contributed by atoms with van der Waals surface area (Å²) in [5.41, 5.74) is 0. The first-order valence-electron chi connectivity index (χ1n) is 19.6. The van der Waals surface area contributed by atoms with Crippen LogP contribution in [0.2, 0.25) is 0 Å². The third-order valence-corrected chi connectivity index (χ3v) is 9.57. The summed E-state index contributed by atoms with van der Waals surface area (Å²) in [5, 5.41) is 5.99. The van der Waals surface area contributed by atoms with Gasteiger partial charge in [-0.1, -0.05) is 169 Å². The Morgan fingerprint density at radius 3 is 1.02 bits per heavy atom. The van der Waals surface area contributed by atoms with Gasteiger partial charge in [0.25, 0.3) is 0 Å². The van der Waals surface area contributed by atoms with Crippen LogP contribution in [0.3, 0.4) is 0 Å². The highest BCUT2D eigenvalue weighted by molar-refractivity contribution is 8.76. The van der Waals surface area contributed by atoms with Gasteiger partial charge in [0.15, 0.2) is 0 Å². The number of amides is 2. The number of rotatable bonds is 34. The fraction of sp³-hybridized carbons (Fsp3) is 0.478. The summed E-state index contributed by atoms with van der Waals surface area (Å²) < 4.78 is 0. The van der Waals surface area contributed by atoms with Gasteiger partial charge in [-0.2, -0.15) is 0 Å². The highest BCUT2D eigenvalue weighted by Gasteiger charge is 2.01. The van der Waals surface area contributed by atoms with E-state index in [4.69, 9.17) is 0 Å². The fourth-order valence-corrected chi connectivity index (χ4v) is 6.18. The summed E-state index contributed by atoms with van der Waals surface area (Å²) in [6, 6.07) is 0. The molecule has 0 aromatic carbocycles. The zero-order valence-electron chi connectivity index (χ0n) is 32.5. The minimum absolute atomic E-state index is 0.0991. The van der Waals surface area contributed by atoms with Crippen LogP contribution in [0.15, 0.2) is 134 Å². The Morgan fingerprint density at radius 1 is 0.385 bits per heavy atom. The summed E-state index contributed by atoms with van der Waals surface area (Å²) in [6.07, 6.45) is 62.8. The van der Waals surface area contributed by atoms with Gasteiger partial charge >= 0.3 is 0 Å². The van der Waals surface area contributed by atoms with Gasteiger partial charge in [-0.15, -0.1) is 0 Å². The van der Waals surface area contributed by atoms with Crippen molar-refractivity contribution in [2.24, 2.45) is 0 Å². The molecule has 0 bridgehead atoms. The quantitative estimate of drug-likeness (QED) is 0.0391. The lowest BCUT2D eigenvalue weighted by molar-refractivity contribution is -0.121. The predicted molar refractivity (Wildman–Crippen MR) is 237 cm³/mol. The Morgan fingerprint density at radius 2 is 0.673 bits per heavy atom. The molecule has 0 saturated carbocycles. The molecular formula is C46H70N2O2S2. The Kier molecular flexibility index (Phi) is 41.2. The third kappa shape index (κ3) is 42.9. The van der Waals surface area contributed by atoms with Crippen molar-refractivity contribution in [1.82, 2.24) is 10.6 Å². The molecule has 2 N–H and O–H groups in total. The first kappa shape index (κ1) is 48.8. The van der Waals surface area contributed by atoms with Gasteiger partial charge in [-0.3, -0.25) is 9.59 Å². The largest absolute Gasteiger partial charge is 0.355 e. The Balaban J connectivity index is 3.55. The minimum Gasteiger partial charge on any atom is -0.355 e. The molecule has 0 aliphatic carbocycles. The van der Waals surface area contributed by atoms with E-state index in [0.717, 1.165) is 101 Å². The van der Waals surface area contributed by atoms with E-state index in [-0.39, 0.29) is 11.8 Å². The molecule has 52 heavy (non-hydrogen) atoms. The SMILES string of the molecule is CCC=CCC=CCC=CCC=CCC=CCC=CCCC(=O)NCCSSCCNC(=O)CCCC=CCC=CCC=CCC=CCC=CCC. The molecule has 0 aliphatic heterocycles. The molecule has 2 amide bonds. The first-order chi connectivity index (χ1) is 25.7. The summed E-state index contributed by atoms with van der Waals surface area (Å²) in [5.74, 6) is 1.94. The first-order valence-corrected chi connectivity index (χ1v) is 22.1. The minimum atomic E-state index is 0.0991. The van der Waals surface area contributed by atoms with Crippen LogP contribution in [0.4, 0.5) is 0 Å². The lowest BCUT2D eigenvalue weighted by Crippen LogP contribution is -2.25. The van der Waals surface area contributed by atoms with Gasteiger partial charge in [-0.05, 0) is 89.9 Å². The molecule has 0 aromatic rings. The van der Waals surface area contributed by atoms with E-state index in [0.29, 0.717) is 25.9 Å².